The van der Waals surface area contributed by atoms with E-state index in [0.29, 0.717) is 19.6 Å². The normalized spacial score (nSPS) is 11.0. The van der Waals surface area contributed by atoms with Crippen LogP contribution >= 0.6 is 11.3 Å². The van der Waals surface area contributed by atoms with Gasteiger partial charge in [0.2, 0.25) is 0 Å². The smallest absolute Gasteiger partial charge is 0.261 e. The van der Waals surface area contributed by atoms with E-state index in [1.807, 2.05) is 47.8 Å². The lowest BCUT2D eigenvalue weighted by Gasteiger charge is -2.11. The highest BCUT2D eigenvalue weighted by Gasteiger charge is 2.11. The molecule has 0 saturated carbocycles. The number of carbonyl (C=O) groups is 1. The number of fused-ring (bicyclic) bond motifs is 1. The van der Waals surface area contributed by atoms with Gasteiger partial charge in [0.1, 0.15) is 11.6 Å². The number of thiophene rings is 1. The van der Waals surface area contributed by atoms with Crippen molar-refractivity contribution in [2.75, 3.05) is 13.2 Å². The van der Waals surface area contributed by atoms with Gasteiger partial charge in [-0.25, -0.2) is 4.98 Å². The summed E-state index contributed by atoms with van der Waals surface area (Å²) >= 11 is 1.45. The summed E-state index contributed by atoms with van der Waals surface area (Å²) in [6, 6.07) is 20.1. The number of rotatable bonds is 10. The van der Waals surface area contributed by atoms with E-state index in [1.54, 1.807) is 0 Å². The van der Waals surface area contributed by atoms with Gasteiger partial charge in [-0.3, -0.25) is 4.79 Å². The van der Waals surface area contributed by atoms with Crippen molar-refractivity contribution in [3.8, 4) is 5.75 Å². The van der Waals surface area contributed by atoms with Crippen molar-refractivity contribution in [1.82, 2.24) is 14.9 Å². The van der Waals surface area contributed by atoms with Crippen molar-refractivity contribution in [3.63, 3.8) is 0 Å². The maximum Gasteiger partial charge on any atom is 0.261 e. The summed E-state index contributed by atoms with van der Waals surface area (Å²) in [5.74, 6) is 1.90. The van der Waals surface area contributed by atoms with Crippen LogP contribution in [-0.4, -0.2) is 28.6 Å². The van der Waals surface area contributed by atoms with E-state index in [2.05, 4.69) is 35.0 Å². The largest absolute Gasteiger partial charge is 0.494 e. The fraction of sp³-hybridized carbons (Fsp3) is 0.280. The molecule has 5 nitrogen and oxygen atoms in total. The molecule has 2 aromatic heterocycles. The SMILES string of the molecule is Cc1ccc(OCCCCn2c(CCNC(=O)c3cccs3)nc3ccccc32)cc1. The van der Waals surface area contributed by atoms with E-state index in [0.717, 1.165) is 46.9 Å². The molecule has 0 spiro atoms. The van der Waals surface area contributed by atoms with E-state index in [1.165, 1.54) is 16.9 Å². The number of para-hydroxylation sites is 2. The first-order chi connectivity index (χ1) is 15.2. The molecule has 1 N–H and O–H groups in total. The molecule has 0 aliphatic rings. The second-order valence-corrected chi connectivity index (χ2v) is 8.47. The van der Waals surface area contributed by atoms with Crippen LogP contribution in [0.1, 0.15) is 33.9 Å². The van der Waals surface area contributed by atoms with Gasteiger partial charge >= 0.3 is 0 Å². The molecular weight excluding hydrogens is 406 g/mol. The molecule has 0 bridgehead atoms. The number of unbranched alkanes of at least 4 members (excludes halogenated alkanes) is 1. The van der Waals surface area contributed by atoms with Crippen molar-refractivity contribution in [3.05, 3.63) is 82.3 Å². The second-order valence-electron chi connectivity index (χ2n) is 7.52. The number of benzene rings is 2. The van der Waals surface area contributed by atoms with Crippen LogP contribution in [0, 0.1) is 6.92 Å². The minimum atomic E-state index is -0.0223. The Labute approximate surface area is 186 Å². The highest BCUT2D eigenvalue weighted by molar-refractivity contribution is 7.12. The molecule has 160 valence electrons. The Morgan fingerprint density at radius 2 is 1.90 bits per heavy atom. The molecule has 0 aliphatic carbocycles. The van der Waals surface area contributed by atoms with E-state index in [-0.39, 0.29) is 5.91 Å². The number of amides is 1. The first-order valence-electron chi connectivity index (χ1n) is 10.7. The Bertz CT molecular complexity index is 1120. The van der Waals surface area contributed by atoms with Gasteiger partial charge in [0.25, 0.3) is 5.91 Å². The maximum atomic E-state index is 12.2. The molecule has 1 amide bonds. The number of aryl methyl sites for hydroxylation is 2. The lowest BCUT2D eigenvalue weighted by atomic mass is 10.2. The number of ether oxygens (including phenoxy) is 1. The molecule has 0 fully saturated rings. The second kappa shape index (κ2) is 10.3. The third-order valence-corrected chi connectivity index (χ3v) is 6.05. The fourth-order valence-corrected chi connectivity index (χ4v) is 4.19. The van der Waals surface area contributed by atoms with Gasteiger partial charge in [-0.15, -0.1) is 11.3 Å². The molecule has 4 aromatic rings. The summed E-state index contributed by atoms with van der Waals surface area (Å²) in [5.41, 5.74) is 3.37. The molecule has 0 unspecified atom stereocenters. The molecule has 4 rings (SSSR count). The van der Waals surface area contributed by atoms with Crippen LogP contribution in [0.4, 0.5) is 0 Å². The number of nitrogens with zero attached hydrogens (tertiary/aromatic N) is 2. The van der Waals surface area contributed by atoms with Crippen molar-refractivity contribution in [2.24, 2.45) is 0 Å². The number of imidazole rings is 1. The maximum absolute atomic E-state index is 12.2. The summed E-state index contributed by atoms with van der Waals surface area (Å²) in [6.07, 6.45) is 2.67. The third kappa shape index (κ3) is 5.52. The van der Waals surface area contributed by atoms with Crippen molar-refractivity contribution >= 4 is 28.3 Å². The zero-order chi connectivity index (χ0) is 21.5. The van der Waals surface area contributed by atoms with E-state index in [4.69, 9.17) is 9.72 Å². The number of hydrogen-bond donors (Lipinski definition) is 1. The Kier molecular flexibility index (Phi) is 6.99. The van der Waals surface area contributed by atoms with Crippen LogP contribution in [0.5, 0.6) is 5.75 Å². The van der Waals surface area contributed by atoms with Gasteiger partial charge in [0, 0.05) is 19.5 Å². The van der Waals surface area contributed by atoms with Crippen molar-refractivity contribution in [2.45, 2.75) is 32.7 Å². The van der Waals surface area contributed by atoms with Crippen LogP contribution < -0.4 is 10.1 Å². The van der Waals surface area contributed by atoms with Gasteiger partial charge in [-0.1, -0.05) is 35.9 Å². The van der Waals surface area contributed by atoms with E-state index >= 15 is 0 Å². The fourth-order valence-electron chi connectivity index (χ4n) is 3.54. The highest BCUT2D eigenvalue weighted by Crippen LogP contribution is 2.18. The minimum Gasteiger partial charge on any atom is -0.494 e. The first kappa shape index (κ1) is 21.1. The monoisotopic (exact) mass is 433 g/mol. The third-order valence-electron chi connectivity index (χ3n) is 5.18. The van der Waals surface area contributed by atoms with Gasteiger partial charge in [-0.2, -0.15) is 0 Å². The predicted molar refractivity (Wildman–Crippen MR) is 126 cm³/mol. The lowest BCUT2D eigenvalue weighted by Crippen LogP contribution is -2.25. The van der Waals surface area contributed by atoms with E-state index < -0.39 is 0 Å². The van der Waals surface area contributed by atoms with Crippen LogP contribution in [0.2, 0.25) is 0 Å². The van der Waals surface area contributed by atoms with Crippen LogP contribution in [-0.2, 0) is 13.0 Å². The van der Waals surface area contributed by atoms with Crippen molar-refractivity contribution < 1.29 is 9.53 Å². The van der Waals surface area contributed by atoms with Crippen LogP contribution in [0.25, 0.3) is 11.0 Å². The predicted octanol–water partition coefficient (Wildman–Crippen LogP) is 5.24. The number of nitrogens with one attached hydrogen (secondary N) is 1. The van der Waals surface area contributed by atoms with Gasteiger partial charge in [-0.05, 0) is 55.5 Å². The highest BCUT2D eigenvalue weighted by atomic mass is 32.1. The quantitative estimate of drug-likeness (QED) is 0.348. The summed E-state index contributed by atoms with van der Waals surface area (Å²) in [6.45, 7) is 4.22. The lowest BCUT2D eigenvalue weighted by molar-refractivity contribution is 0.0958. The molecule has 31 heavy (non-hydrogen) atoms. The molecule has 2 aromatic carbocycles. The van der Waals surface area contributed by atoms with Crippen molar-refractivity contribution in [1.29, 1.82) is 0 Å². The zero-order valence-corrected chi connectivity index (χ0v) is 18.5. The summed E-state index contributed by atoms with van der Waals surface area (Å²) < 4.78 is 8.13. The van der Waals surface area contributed by atoms with Crippen LogP contribution in [0.3, 0.4) is 0 Å². The standard InChI is InChI=1S/C25H27N3O2S/c1-19-10-12-20(13-11-19)30-17-5-4-16-28-22-8-3-2-7-21(22)27-24(28)14-15-26-25(29)23-9-6-18-31-23/h2-3,6-13,18H,4-5,14-17H2,1H3,(H,26,29). The molecule has 0 atom stereocenters. The first-order valence-corrected chi connectivity index (χ1v) is 11.5. The summed E-state index contributed by atoms with van der Waals surface area (Å²) in [7, 11) is 0. The van der Waals surface area contributed by atoms with E-state index in [9.17, 15) is 4.79 Å². The zero-order valence-electron chi connectivity index (χ0n) is 17.7. The molecule has 0 aliphatic heterocycles. The minimum absolute atomic E-state index is 0.0223. The van der Waals surface area contributed by atoms with Crippen LogP contribution in [0.15, 0.2) is 66.0 Å². The van der Waals surface area contributed by atoms with Gasteiger partial charge < -0.3 is 14.6 Å². The molecule has 0 saturated heterocycles. The average Bonchev–Trinajstić information content (AvgIpc) is 3.43. The topological polar surface area (TPSA) is 56.1 Å². The Hall–Kier alpha value is -3.12. The Morgan fingerprint density at radius 3 is 2.71 bits per heavy atom. The molecular formula is C25H27N3O2S. The average molecular weight is 434 g/mol. The summed E-state index contributed by atoms with van der Waals surface area (Å²) in [5, 5.41) is 4.92. The number of aromatic nitrogens is 2. The Balaban J connectivity index is 1.32. The van der Waals surface area contributed by atoms with Gasteiger partial charge in [0.15, 0.2) is 0 Å². The summed E-state index contributed by atoms with van der Waals surface area (Å²) in [4.78, 5) is 17.7. The van der Waals surface area contributed by atoms with Gasteiger partial charge in [0.05, 0.1) is 22.5 Å². The number of hydrogen-bond acceptors (Lipinski definition) is 4. The molecule has 2 heterocycles. The molecule has 0 radical (unpaired) electrons. The Morgan fingerprint density at radius 1 is 1.06 bits per heavy atom. The number of carbonyl (C=O) groups excluding carboxylic acids is 1. The molecule has 6 heteroatoms.